The Morgan fingerprint density at radius 2 is 1.70 bits per heavy atom. The van der Waals surface area contributed by atoms with E-state index >= 15 is 0 Å². The summed E-state index contributed by atoms with van der Waals surface area (Å²) in [7, 11) is 0. The lowest BCUT2D eigenvalue weighted by molar-refractivity contribution is -0.118. The first kappa shape index (κ1) is 19.6. The number of ketones is 1. The molecule has 3 aliphatic rings. The molecule has 30 heavy (non-hydrogen) atoms. The highest BCUT2D eigenvalue weighted by Gasteiger charge is 2.62. The van der Waals surface area contributed by atoms with Crippen molar-refractivity contribution in [3.8, 4) is 0 Å². The Balaban J connectivity index is 1.61. The maximum Gasteiger partial charge on any atom is 0.173 e. The first-order valence-corrected chi connectivity index (χ1v) is 11.3. The molecule has 0 aromatic heterocycles. The summed E-state index contributed by atoms with van der Waals surface area (Å²) >= 11 is 0. The quantitative estimate of drug-likeness (QED) is 0.738. The van der Waals surface area contributed by atoms with Crippen LogP contribution < -0.4 is 0 Å². The highest BCUT2D eigenvalue weighted by Crippen LogP contribution is 2.58. The van der Waals surface area contributed by atoms with E-state index in [2.05, 4.69) is 64.1 Å². The number of aryl methyl sites for hydroxylation is 4. The number of rotatable bonds is 4. The second-order valence-corrected chi connectivity index (χ2v) is 9.18. The van der Waals surface area contributed by atoms with Gasteiger partial charge in [-0.3, -0.25) is 4.79 Å². The second-order valence-electron chi connectivity index (χ2n) is 9.18. The van der Waals surface area contributed by atoms with Crippen LogP contribution in [0, 0.1) is 25.7 Å². The third kappa shape index (κ3) is 2.64. The number of Topliss-reactive ketones (excluding diaryl/α,β-unsaturated/α-hetero) is 1. The van der Waals surface area contributed by atoms with E-state index in [0.717, 1.165) is 36.0 Å². The molecule has 0 amide bonds. The molecular formula is C27H30O3. The van der Waals surface area contributed by atoms with Crippen LogP contribution in [0.1, 0.15) is 59.6 Å². The molecule has 2 fully saturated rings. The van der Waals surface area contributed by atoms with Gasteiger partial charge in [0.15, 0.2) is 5.78 Å². The highest BCUT2D eigenvalue weighted by molar-refractivity contribution is 6.26. The minimum absolute atomic E-state index is 0.0847. The number of allylic oxidation sites excluding steroid dienone is 1. The largest absolute Gasteiger partial charge is 0.511 e. The minimum Gasteiger partial charge on any atom is -0.511 e. The van der Waals surface area contributed by atoms with Gasteiger partial charge in [-0.2, -0.15) is 0 Å². The molecule has 3 heteroatoms. The zero-order valence-electron chi connectivity index (χ0n) is 18.2. The van der Waals surface area contributed by atoms with Crippen LogP contribution in [0.15, 0.2) is 42.2 Å². The van der Waals surface area contributed by atoms with E-state index in [1.54, 1.807) is 0 Å². The molecule has 5 atom stereocenters. The van der Waals surface area contributed by atoms with Gasteiger partial charge in [0.05, 0.1) is 29.6 Å². The average molecular weight is 403 g/mol. The third-order valence-electron chi connectivity index (χ3n) is 7.52. The summed E-state index contributed by atoms with van der Waals surface area (Å²) < 4.78 is 6.30. The monoisotopic (exact) mass is 402 g/mol. The lowest BCUT2D eigenvalue weighted by Crippen LogP contribution is -2.33. The van der Waals surface area contributed by atoms with Crippen molar-refractivity contribution in [1.82, 2.24) is 0 Å². The summed E-state index contributed by atoms with van der Waals surface area (Å²) in [6.45, 7) is 8.47. The van der Waals surface area contributed by atoms with Gasteiger partial charge in [0.1, 0.15) is 5.76 Å². The van der Waals surface area contributed by atoms with E-state index in [0.29, 0.717) is 5.57 Å². The molecule has 2 heterocycles. The number of aliphatic hydroxyl groups excluding tert-OH is 1. The number of carbonyl (C=O) groups is 1. The molecule has 156 valence electrons. The molecule has 0 unspecified atom stereocenters. The van der Waals surface area contributed by atoms with Gasteiger partial charge in [-0.1, -0.05) is 55.8 Å². The summed E-state index contributed by atoms with van der Waals surface area (Å²) in [5.41, 5.74) is 7.62. The van der Waals surface area contributed by atoms with E-state index in [9.17, 15) is 9.90 Å². The topological polar surface area (TPSA) is 46.5 Å². The van der Waals surface area contributed by atoms with Gasteiger partial charge in [-0.05, 0) is 60.9 Å². The van der Waals surface area contributed by atoms with Crippen molar-refractivity contribution >= 4 is 11.4 Å². The molecule has 2 aromatic rings. The zero-order valence-corrected chi connectivity index (χ0v) is 18.2. The van der Waals surface area contributed by atoms with Gasteiger partial charge in [-0.15, -0.1) is 0 Å². The van der Waals surface area contributed by atoms with Crippen LogP contribution >= 0.6 is 0 Å². The number of fused-ring (bicyclic) bond motifs is 5. The van der Waals surface area contributed by atoms with Crippen molar-refractivity contribution < 1.29 is 14.6 Å². The Hall–Kier alpha value is -2.39. The zero-order chi connectivity index (χ0) is 21.2. The number of hydrogen-bond donors (Lipinski definition) is 1. The maximum atomic E-state index is 13.6. The molecule has 1 N–H and O–H groups in total. The Bertz CT molecular complexity index is 1040. The predicted molar refractivity (Wildman–Crippen MR) is 119 cm³/mol. The van der Waals surface area contributed by atoms with Gasteiger partial charge >= 0.3 is 0 Å². The molecular weight excluding hydrogens is 372 g/mol. The fraction of sp³-hybridized carbons (Fsp3) is 0.444. The normalized spacial score (nSPS) is 29.7. The summed E-state index contributed by atoms with van der Waals surface area (Å²) in [4.78, 5) is 13.6. The van der Waals surface area contributed by atoms with E-state index in [1.165, 1.54) is 16.7 Å². The number of carbonyl (C=O) groups excluding carboxylic acids is 1. The number of benzene rings is 2. The fourth-order valence-corrected chi connectivity index (χ4v) is 6.23. The van der Waals surface area contributed by atoms with E-state index in [1.807, 2.05) is 0 Å². The van der Waals surface area contributed by atoms with Crippen molar-refractivity contribution in [3.05, 3.63) is 75.5 Å². The van der Waals surface area contributed by atoms with Crippen molar-refractivity contribution in [2.24, 2.45) is 11.8 Å². The number of hydrogen-bond acceptors (Lipinski definition) is 3. The molecule has 0 saturated carbocycles. The van der Waals surface area contributed by atoms with Crippen molar-refractivity contribution in [1.29, 1.82) is 0 Å². The molecule has 3 nitrogen and oxygen atoms in total. The second kappa shape index (κ2) is 7.09. The van der Waals surface area contributed by atoms with Crippen LogP contribution in [-0.2, 0) is 22.4 Å². The van der Waals surface area contributed by atoms with Crippen LogP contribution in [0.2, 0.25) is 0 Å². The minimum atomic E-state index is -0.235. The summed E-state index contributed by atoms with van der Waals surface area (Å²) in [6.07, 6.45) is 2.33. The number of ether oxygens (including phenoxy) is 1. The van der Waals surface area contributed by atoms with Gasteiger partial charge < -0.3 is 9.84 Å². The van der Waals surface area contributed by atoms with Gasteiger partial charge in [0.25, 0.3) is 0 Å². The van der Waals surface area contributed by atoms with E-state index < -0.39 is 0 Å². The highest BCUT2D eigenvalue weighted by atomic mass is 16.5. The van der Waals surface area contributed by atoms with Crippen LogP contribution in [0.3, 0.4) is 0 Å². The molecule has 2 bridgehead atoms. The van der Waals surface area contributed by atoms with Crippen LogP contribution in [-0.4, -0.2) is 23.1 Å². The first-order chi connectivity index (χ1) is 14.5. The Kier molecular flexibility index (Phi) is 4.62. The predicted octanol–water partition coefficient (Wildman–Crippen LogP) is 5.47. The Morgan fingerprint density at radius 1 is 1.03 bits per heavy atom. The van der Waals surface area contributed by atoms with Gasteiger partial charge in [-0.25, -0.2) is 0 Å². The van der Waals surface area contributed by atoms with Gasteiger partial charge in [0, 0.05) is 5.92 Å². The SMILES string of the molecule is CCc1cc(C)cc(CC)c1C1=C(O)[C@@H]2[C@@H]3O[C@@H](C[C@H]3c3ccccc3C)[C@@H]2C1=O. The number of aliphatic hydroxyl groups is 1. The lowest BCUT2D eigenvalue weighted by atomic mass is 9.72. The Labute approximate surface area is 178 Å². The van der Waals surface area contributed by atoms with Crippen molar-refractivity contribution in [2.45, 2.75) is 65.1 Å². The summed E-state index contributed by atoms with van der Waals surface area (Å²) in [5.74, 6) is 0.138. The van der Waals surface area contributed by atoms with Crippen LogP contribution in [0.25, 0.3) is 5.57 Å². The third-order valence-corrected chi connectivity index (χ3v) is 7.52. The fourth-order valence-electron chi connectivity index (χ4n) is 6.23. The van der Waals surface area contributed by atoms with Crippen molar-refractivity contribution in [2.75, 3.05) is 0 Å². The lowest BCUT2D eigenvalue weighted by Gasteiger charge is -2.28. The summed E-state index contributed by atoms with van der Waals surface area (Å²) in [6, 6.07) is 12.8. The van der Waals surface area contributed by atoms with Gasteiger partial charge in [0.2, 0.25) is 0 Å². The molecule has 0 radical (unpaired) electrons. The van der Waals surface area contributed by atoms with Crippen LogP contribution in [0.4, 0.5) is 0 Å². The first-order valence-electron chi connectivity index (χ1n) is 11.3. The maximum absolute atomic E-state index is 13.6. The summed E-state index contributed by atoms with van der Waals surface area (Å²) in [5, 5.41) is 11.4. The smallest absolute Gasteiger partial charge is 0.173 e. The molecule has 1 aliphatic carbocycles. The Morgan fingerprint density at radius 3 is 2.33 bits per heavy atom. The molecule has 0 spiro atoms. The molecule has 2 aliphatic heterocycles. The van der Waals surface area contributed by atoms with Crippen LogP contribution in [0.5, 0.6) is 0 Å². The molecule has 2 aromatic carbocycles. The van der Waals surface area contributed by atoms with Crippen molar-refractivity contribution in [3.63, 3.8) is 0 Å². The molecule has 5 rings (SSSR count). The van der Waals surface area contributed by atoms with E-state index in [-0.39, 0.29) is 41.5 Å². The average Bonchev–Trinajstić information content (AvgIpc) is 3.39. The van der Waals surface area contributed by atoms with E-state index in [4.69, 9.17) is 4.74 Å². The molecule has 2 saturated heterocycles. The standard InChI is InChI=1S/C27H30O3/c1-5-16-11-14(3)12-17(6-2)21(16)23-25(28)22-20-13-19(18-10-8-7-9-15(18)4)27(30-20)24(22)26(23)29/h7-12,19-20,22,24,27,29H,5-6,13H2,1-4H3/t19-,20-,22-,24+,27+/m0/s1.